The smallest absolute Gasteiger partial charge is 0.191 e. The Morgan fingerprint density at radius 1 is 1.07 bits per heavy atom. The number of hydrogen-bond donors (Lipinski definition) is 2. The molecule has 1 heterocycles. The van der Waals surface area contributed by atoms with Crippen LogP contribution in [0.4, 0.5) is 0 Å². The van der Waals surface area contributed by atoms with Crippen molar-refractivity contribution in [1.29, 1.82) is 0 Å². The number of para-hydroxylation sites is 1. The highest BCUT2D eigenvalue weighted by Gasteiger charge is 2.14. The average Bonchev–Trinajstić information content (AvgIpc) is 2.94. The number of nitrogens with zero attached hydrogens (tertiary/aromatic N) is 1. The van der Waals surface area contributed by atoms with Crippen molar-refractivity contribution in [2.75, 3.05) is 27.4 Å². The first-order chi connectivity index (χ1) is 13.2. The summed E-state index contributed by atoms with van der Waals surface area (Å²) in [6.45, 7) is 4.62. The highest BCUT2D eigenvalue weighted by Crippen LogP contribution is 2.33. The van der Waals surface area contributed by atoms with Crippen molar-refractivity contribution < 1.29 is 14.2 Å². The SMILES string of the molecule is CN=C(NCc1ccc(C)cc1OC)NCc1cccc2c1OCCCO2.I. The summed E-state index contributed by atoms with van der Waals surface area (Å²) in [5.74, 6) is 3.21. The predicted octanol–water partition coefficient (Wildman–Crippen LogP) is 3.65. The van der Waals surface area contributed by atoms with E-state index in [0.717, 1.165) is 34.8 Å². The van der Waals surface area contributed by atoms with E-state index in [9.17, 15) is 0 Å². The zero-order valence-electron chi connectivity index (χ0n) is 16.6. The number of ether oxygens (including phenoxy) is 3. The van der Waals surface area contributed by atoms with E-state index >= 15 is 0 Å². The first-order valence-electron chi connectivity index (χ1n) is 9.17. The topological polar surface area (TPSA) is 64.1 Å². The molecule has 0 saturated heterocycles. The summed E-state index contributed by atoms with van der Waals surface area (Å²) in [4.78, 5) is 4.30. The van der Waals surface area contributed by atoms with Crippen molar-refractivity contribution >= 4 is 29.9 Å². The number of aryl methyl sites for hydroxylation is 1. The second-order valence-electron chi connectivity index (χ2n) is 6.39. The van der Waals surface area contributed by atoms with E-state index in [1.807, 2.05) is 24.3 Å². The molecule has 0 unspecified atom stereocenters. The van der Waals surface area contributed by atoms with Crippen molar-refractivity contribution in [1.82, 2.24) is 10.6 Å². The van der Waals surface area contributed by atoms with E-state index in [4.69, 9.17) is 14.2 Å². The minimum atomic E-state index is 0. The quantitative estimate of drug-likeness (QED) is 0.375. The lowest BCUT2D eigenvalue weighted by Gasteiger charge is -2.16. The Morgan fingerprint density at radius 2 is 1.82 bits per heavy atom. The number of guanidine groups is 1. The van der Waals surface area contributed by atoms with Crippen LogP contribution in [0, 0.1) is 6.92 Å². The van der Waals surface area contributed by atoms with E-state index in [0.29, 0.717) is 32.3 Å². The van der Waals surface area contributed by atoms with Gasteiger partial charge in [0.2, 0.25) is 0 Å². The number of aliphatic imine (C=N–C) groups is 1. The van der Waals surface area contributed by atoms with Gasteiger partial charge in [-0.3, -0.25) is 4.99 Å². The van der Waals surface area contributed by atoms with Crippen LogP contribution in [-0.2, 0) is 13.1 Å². The zero-order valence-corrected chi connectivity index (χ0v) is 18.9. The van der Waals surface area contributed by atoms with Gasteiger partial charge in [0.1, 0.15) is 5.75 Å². The van der Waals surface area contributed by atoms with Crippen molar-refractivity contribution in [3.63, 3.8) is 0 Å². The van der Waals surface area contributed by atoms with Gasteiger partial charge in [0.05, 0.1) is 20.3 Å². The van der Waals surface area contributed by atoms with Gasteiger partial charge in [0.15, 0.2) is 17.5 Å². The minimum Gasteiger partial charge on any atom is -0.496 e. The fourth-order valence-corrected chi connectivity index (χ4v) is 2.97. The lowest BCUT2D eigenvalue weighted by atomic mass is 10.1. The Hall–Kier alpha value is -2.16. The van der Waals surface area contributed by atoms with Crippen LogP contribution in [0.3, 0.4) is 0 Å². The molecule has 0 amide bonds. The van der Waals surface area contributed by atoms with Crippen molar-refractivity contribution in [2.45, 2.75) is 26.4 Å². The number of hydrogen-bond acceptors (Lipinski definition) is 4. The summed E-state index contributed by atoms with van der Waals surface area (Å²) < 4.78 is 17.1. The van der Waals surface area contributed by atoms with Crippen LogP contribution in [0.1, 0.15) is 23.1 Å². The predicted molar refractivity (Wildman–Crippen MR) is 122 cm³/mol. The van der Waals surface area contributed by atoms with E-state index in [2.05, 4.69) is 34.7 Å². The molecule has 0 aliphatic carbocycles. The van der Waals surface area contributed by atoms with Crippen molar-refractivity contribution in [3.05, 3.63) is 53.1 Å². The highest BCUT2D eigenvalue weighted by molar-refractivity contribution is 14.0. The Kier molecular flexibility index (Phi) is 8.69. The Balaban J connectivity index is 0.00000280. The lowest BCUT2D eigenvalue weighted by Crippen LogP contribution is -2.36. The maximum atomic E-state index is 5.87. The molecular weight excluding hydrogens is 469 g/mol. The Labute approximate surface area is 183 Å². The molecule has 3 rings (SSSR count). The minimum absolute atomic E-state index is 0. The van der Waals surface area contributed by atoms with Crippen molar-refractivity contribution in [2.24, 2.45) is 4.99 Å². The summed E-state index contributed by atoms with van der Waals surface area (Å²) in [6, 6.07) is 12.1. The molecule has 2 N–H and O–H groups in total. The van der Waals surface area contributed by atoms with Crippen LogP contribution in [0.15, 0.2) is 41.4 Å². The first-order valence-corrected chi connectivity index (χ1v) is 9.17. The standard InChI is InChI=1S/C21H27N3O3.HI/c1-15-8-9-16(19(12-15)25-3)13-23-21(22-2)24-14-17-6-4-7-18-20(17)27-11-5-10-26-18;/h4,6-9,12H,5,10-11,13-14H2,1-3H3,(H2,22,23,24);1H. The van der Waals surface area contributed by atoms with Gasteiger partial charge in [-0.1, -0.05) is 24.3 Å². The van der Waals surface area contributed by atoms with E-state index in [1.165, 1.54) is 5.56 Å². The van der Waals surface area contributed by atoms with Crippen LogP contribution < -0.4 is 24.8 Å². The maximum absolute atomic E-state index is 5.87. The second kappa shape index (κ2) is 11.0. The summed E-state index contributed by atoms with van der Waals surface area (Å²) >= 11 is 0. The molecule has 28 heavy (non-hydrogen) atoms. The van der Waals surface area contributed by atoms with Crippen LogP contribution in [0.25, 0.3) is 0 Å². The average molecular weight is 497 g/mol. The summed E-state index contributed by atoms with van der Waals surface area (Å²) in [7, 11) is 3.45. The third-order valence-electron chi connectivity index (χ3n) is 4.41. The van der Waals surface area contributed by atoms with Gasteiger partial charge < -0.3 is 24.8 Å². The lowest BCUT2D eigenvalue weighted by molar-refractivity contribution is 0.296. The molecule has 152 valence electrons. The molecule has 1 aliphatic rings. The zero-order chi connectivity index (χ0) is 19.1. The fourth-order valence-electron chi connectivity index (χ4n) is 2.97. The fraction of sp³-hybridized carbons (Fsp3) is 0.381. The third kappa shape index (κ3) is 5.67. The molecule has 7 heteroatoms. The van der Waals surface area contributed by atoms with Gasteiger partial charge in [0, 0.05) is 37.7 Å². The molecule has 0 spiro atoms. The Bertz CT molecular complexity index is 811. The van der Waals surface area contributed by atoms with Gasteiger partial charge >= 0.3 is 0 Å². The highest BCUT2D eigenvalue weighted by atomic mass is 127. The second-order valence-corrected chi connectivity index (χ2v) is 6.39. The molecule has 2 aromatic rings. The number of halogens is 1. The van der Waals surface area contributed by atoms with Gasteiger partial charge in [0.25, 0.3) is 0 Å². The van der Waals surface area contributed by atoms with Crippen LogP contribution >= 0.6 is 24.0 Å². The number of nitrogens with one attached hydrogen (secondary N) is 2. The molecule has 0 saturated carbocycles. The summed E-state index contributed by atoms with van der Waals surface area (Å²) in [5.41, 5.74) is 3.30. The monoisotopic (exact) mass is 497 g/mol. The van der Waals surface area contributed by atoms with Crippen LogP contribution in [-0.4, -0.2) is 33.3 Å². The summed E-state index contributed by atoms with van der Waals surface area (Å²) in [6.07, 6.45) is 0.892. The molecule has 0 bridgehead atoms. The Morgan fingerprint density at radius 3 is 2.57 bits per heavy atom. The molecule has 0 aromatic heterocycles. The van der Waals surface area contributed by atoms with E-state index in [-0.39, 0.29) is 24.0 Å². The van der Waals surface area contributed by atoms with Gasteiger partial charge in [-0.2, -0.15) is 0 Å². The molecule has 1 aliphatic heterocycles. The van der Waals surface area contributed by atoms with Crippen molar-refractivity contribution in [3.8, 4) is 17.2 Å². The maximum Gasteiger partial charge on any atom is 0.191 e. The largest absolute Gasteiger partial charge is 0.496 e. The van der Waals surface area contributed by atoms with E-state index < -0.39 is 0 Å². The normalized spacial score (nSPS) is 13.2. The first kappa shape index (κ1) is 22.1. The van der Waals surface area contributed by atoms with Gasteiger partial charge in [-0.15, -0.1) is 24.0 Å². The molecule has 6 nitrogen and oxygen atoms in total. The molecule has 0 radical (unpaired) electrons. The van der Waals surface area contributed by atoms with Gasteiger partial charge in [-0.25, -0.2) is 0 Å². The molecular formula is C21H28IN3O3. The number of rotatable bonds is 5. The van der Waals surface area contributed by atoms with Crippen LogP contribution in [0.2, 0.25) is 0 Å². The third-order valence-corrected chi connectivity index (χ3v) is 4.41. The number of methoxy groups -OCH3 is 1. The van der Waals surface area contributed by atoms with Gasteiger partial charge in [-0.05, 0) is 24.6 Å². The molecule has 0 fully saturated rings. The number of fused-ring (bicyclic) bond motifs is 1. The number of benzene rings is 2. The molecule has 0 atom stereocenters. The molecule has 2 aromatic carbocycles. The summed E-state index contributed by atoms with van der Waals surface area (Å²) in [5, 5.41) is 6.67. The van der Waals surface area contributed by atoms with Crippen LogP contribution in [0.5, 0.6) is 17.2 Å². The van der Waals surface area contributed by atoms with E-state index in [1.54, 1.807) is 14.2 Å².